The number of carbonyl (C=O) groups is 1. The van der Waals surface area contributed by atoms with E-state index < -0.39 is 6.09 Å². The standard InChI is InChI=1S/C10H12BrNO3/c1-12(11)10(13)15-7-8-3-5-9(14-2)6-4-8/h3-6H,7H2,1-2H3. The largest absolute Gasteiger partial charge is 0.497 e. The average Bonchev–Trinajstić information content (AvgIpc) is 2.26. The molecule has 0 aliphatic heterocycles. The van der Waals surface area contributed by atoms with Crippen LogP contribution in [0.25, 0.3) is 0 Å². The van der Waals surface area contributed by atoms with Gasteiger partial charge in [0.25, 0.3) is 0 Å². The van der Waals surface area contributed by atoms with Crippen LogP contribution >= 0.6 is 16.1 Å². The Hall–Kier alpha value is -1.23. The van der Waals surface area contributed by atoms with Crippen molar-refractivity contribution in [2.24, 2.45) is 0 Å². The van der Waals surface area contributed by atoms with Crippen molar-refractivity contribution in [3.63, 3.8) is 0 Å². The second-order valence-corrected chi connectivity index (χ2v) is 3.94. The molecule has 0 aliphatic rings. The van der Waals surface area contributed by atoms with Gasteiger partial charge in [-0.25, -0.2) is 8.72 Å². The summed E-state index contributed by atoms with van der Waals surface area (Å²) in [6, 6.07) is 7.34. The van der Waals surface area contributed by atoms with Gasteiger partial charge in [-0.05, 0) is 17.7 Å². The van der Waals surface area contributed by atoms with Gasteiger partial charge < -0.3 is 9.47 Å². The molecule has 0 bridgehead atoms. The third kappa shape index (κ3) is 3.79. The molecule has 0 aliphatic carbocycles. The Morgan fingerprint density at radius 1 is 1.40 bits per heavy atom. The molecule has 0 radical (unpaired) electrons. The summed E-state index contributed by atoms with van der Waals surface area (Å²) in [5.74, 6) is 0.780. The lowest BCUT2D eigenvalue weighted by molar-refractivity contribution is 0.127. The van der Waals surface area contributed by atoms with Crippen LogP contribution in [-0.4, -0.2) is 24.2 Å². The number of nitrogens with zero attached hydrogens (tertiary/aromatic N) is 1. The van der Waals surface area contributed by atoms with Gasteiger partial charge in [0.05, 0.1) is 23.3 Å². The number of benzene rings is 1. The van der Waals surface area contributed by atoms with Crippen molar-refractivity contribution < 1.29 is 14.3 Å². The zero-order valence-corrected chi connectivity index (χ0v) is 10.2. The molecule has 0 aromatic heterocycles. The third-order valence-corrected chi connectivity index (χ3v) is 2.06. The minimum absolute atomic E-state index is 0.249. The lowest BCUT2D eigenvalue weighted by atomic mass is 10.2. The molecule has 0 unspecified atom stereocenters. The number of amides is 1. The minimum atomic E-state index is -0.425. The average molecular weight is 274 g/mol. The van der Waals surface area contributed by atoms with Crippen molar-refractivity contribution in [3.05, 3.63) is 29.8 Å². The van der Waals surface area contributed by atoms with Gasteiger partial charge in [-0.1, -0.05) is 12.1 Å². The molecule has 4 nitrogen and oxygen atoms in total. The number of methoxy groups -OCH3 is 1. The molecule has 1 aromatic rings. The van der Waals surface area contributed by atoms with E-state index in [1.54, 1.807) is 14.2 Å². The zero-order chi connectivity index (χ0) is 11.3. The van der Waals surface area contributed by atoms with E-state index in [2.05, 4.69) is 16.1 Å². The van der Waals surface area contributed by atoms with Crippen LogP contribution in [-0.2, 0) is 11.3 Å². The van der Waals surface area contributed by atoms with Gasteiger partial charge in [-0.2, -0.15) is 0 Å². The molecule has 0 heterocycles. The van der Waals surface area contributed by atoms with Gasteiger partial charge >= 0.3 is 6.09 Å². The maximum absolute atomic E-state index is 11.1. The van der Waals surface area contributed by atoms with Crippen molar-refractivity contribution in [1.82, 2.24) is 3.93 Å². The first kappa shape index (κ1) is 11.8. The van der Waals surface area contributed by atoms with Crippen LogP contribution in [0.2, 0.25) is 0 Å². The van der Waals surface area contributed by atoms with E-state index in [-0.39, 0.29) is 6.61 Å². The highest BCUT2D eigenvalue weighted by Gasteiger charge is 2.06. The molecule has 0 spiro atoms. The van der Waals surface area contributed by atoms with Gasteiger partial charge in [-0.15, -0.1) is 0 Å². The number of ether oxygens (including phenoxy) is 2. The van der Waals surface area contributed by atoms with E-state index in [0.717, 1.165) is 11.3 Å². The summed E-state index contributed by atoms with van der Waals surface area (Å²) in [6.45, 7) is 0.249. The van der Waals surface area contributed by atoms with Crippen LogP contribution in [0, 0.1) is 0 Å². The van der Waals surface area contributed by atoms with Crippen molar-refractivity contribution in [3.8, 4) is 5.75 Å². The summed E-state index contributed by atoms with van der Waals surface area (Å²) in [7, 11) is 3.17. The highest BCUT2D eigenvalue weighted by Crippen LogP contribution is 2.12. The van der Waals surface area contributed by atoms with Gasteiger partial charge in [-0.3, -0.25) is 0 Å². The van der Waals surface area contributed by atoms with Gasteiger partial charge in [0.2, 0.25) is 0 Å². The quantitative estimate of drug-likeness (QED) is 0.795. The van der Waals surface area contributed by atoms with Crippen LogP contribution in [0.15, 0.2) is 24.3 Å². The summed E-state index contributed by atoms with van der Waals surface area (Å²) < 4.78 is 11.2. The Morgan fingerprint density at radius 3 is 2.47 bits per heavy atom. The summed E-state index contributed by atoms with van der Waals surface area (Å²) in [5.41, 5.74) is 0.915. The van der Waals surface area contributed by atoms with Crippen molar-refractivity contribution in [2.45, 2.75) is 6.61 Å². The monoisotopic (exact) mass is 273 g/mol. The van der Waals surface area contributed by atoms with Crippen LogP contribution in [0.3, 0.4) is 0 Å². The molecule has 0 atom stereocenters. The molecule has 1 amide bonds. The second-order valence-electron chi connectivity index (χ2n) is 2.88. The maximum atomic E-state index is 11.1. The number of hydrogen-bond donors (Lipinski definition) is 0. The molecular formula is C10H12BrNO3. The van der Waals surface area contributed by atoms with Gasteiger partial charge in [0, 0.05) is 7.05 Å². The molecule has 15 heavy (non-hydrogen) atoms. The SMILES string of the molecule is COc1ccc(COC(=O)N(C)Br)cc1. The minimum Gasteiger partial charge on any atom is -0.497 e. The van der Waals surface area contributed by atoms with E-state index in [1.807, 2.05) is 24.3 Å². The first-order chi connectivity index (χ1) is 7.13. The molecule has 1 aromatic carbocycles. The Balaban J connectivity index is 2.47. The number of hydrogen-bond acceptors (Lipinski definition) is 3. The van der Waals surface area contributed by atoms with Crippen LogP contribution in [0.4, 0.5) is 4.79 Å². The molecule has 0 N–H and O–H groups in total. The Kier molecular flexibility index (Phi) is 4.42. The highest BCUT2D eigenvalue weighted by molar-refractivity contribution is 9.07. The zero-order valence-electron chi connectivity index (χ0n) is 8.57. The van der Waals surface area contributed by atoms with E-state index in [9.17, 15) is 4.79 Å². The predicted molar refractivity (Wildman–Crippen MR) is 59.9 cm³/mol. The van der Waals surface area contributed by atoms with Gasteiger partial charge in [0.15, 0.2) is 0 Å². The van der Waals surface area contributed by atoms with Crippen molar-refractivity contribution in [1.29, 1.82) is 0 Å². The lowest BCUT2D eigenvalue weighted by Gasteiger charge is -2.09. The maximum Gasteiger partial charge on any atom is 0.419 e. The number of rotatable bonds is 3. The molecule has 82 valence electrons. The molecule has 5 heteroatoms. The van der Waals surface area contributed by atoms with Gasteiger partial charge in [0.1, 0.15) is 12.4 Å². The topological polar surface area (TPSA) is 38.8 Å². The fourth-order valence-corrected chi connectivity index (χ4v) is 1.06. The third-order valence-electron chi connectivity index (χ3n) is 1.77. The smallest absolute Gasteiger partial charge is 0.419 e. The lowest BCUT2D eigenvalue weighted by Crippen LogP contribution is -2.16. The summed E-state index contributed by atoms with van der Waals surface area (Å²) >= 11 is 2.97. The molecule has 0 fully saturated rings. The molecule has 0 saturated heterocycles. The fraction of sp³-hybridized carbons (Fsp3) is 0.300. The number of carbonyl (C=O) groups excluding carboxylic acids is 1. The summed E-state index contributed by atoms with van der Waals surface area (Å²) in [5, 5.41) is 0. The Bertz CT molecular complexity index is 324. The fourth-order valence-electron chi connectivity index (χ4n) is 0.956. The molecular weight excluding hydrogens is 262 g/mol. The van der Waals surface area contributed by atoms with E-state index in [1.165, 1.54) is 3.93 Å². The van der Waals surface area contributed by atoms with Crippen LogP contribution < -0.4 is 4.74 Å². The molecule has 1 rings (SSSR count). The van der Waals surface area contributed by atoms with Crippen molar-refractivity contribution in [2.75, 3.05) is 14.2 Å². The number of halogens is 1. The second kappa shape index (κ2) is 5.60. The highest BCUT2D eigenvalue weighted by atomic mass is 79.9. The predicted octanol–water partition coefficient (Wildman–Crippen LogP) is 2.57. The van der Waals surface area contributed by atoms with E-state index in [4.69, 9.17) is 9.47 Å². The van der Waals surface area contributed by atoms with Crippen molar-refractivity contribution >= 4 is 22.2 Å². The normalized spacial score (nSPS) is 9.53. The van der Waals surface area contributed by atoms with E-state index in [0.29, 0.717) is 0 Å². The van der Waals surface area contributed by atoms with Crippen LogP contribution in [0.1, 0.15) is 5.56 Å². The summed E-state index contributed by atoms with van der Waals surface area (Å²) in [4.78, 5) is 11.1. The first-order valence-corrected chi connectivity index (χ1v) is 5.03. The summed E-state index contributed by atoms with van der Waals surface area (Å²) in [6.07, 6.45) is -0.425. The van der Waals surface area contributed by atoms with E-state index >= 15 is 0 Å². The molecule has 0 saturated carbocycles. The first-order valence-electron chi connectivity index (χ1n) is 4.32. The Morgan fingerprint density at radius 2 is 2.00 bits per heavy atom. The van der Waals surface area contributed by atoms with Crippen LogP contribution in [0.5, 0.6) is 5.75 Å². The Labute approximate surface area is 97.1 Å².